The number of phenols is 1. The van der Waals surface area contributed by atoms with Gasteiger partial charge in [0.15, 0.2) is 0 Å². The Morgan fingerprint density at radius 3 is 2.31 bits per heavy atom. The summed E-state index contributed by atoms with van der Waals surface area (Å²) >= 11 is 3.85. The highest BCUT2D eigenvalue weighted by Crippen LogP contribution is 2.24. The first-order valence-corrected chi connectivity index (χ1v) is 3.52. The van der Waals surface area contributed by atoms with Crippen LogP contribution in [0, 0.1) is 10.8 Å². The number of nitrogens with zero attached hydrogens (tertiary/aromatic N) is 2. The molecule has 0 amide bonds. The van der Waals surface area contributed by atoms with E-state index >= 15 is 0 Å². The Kier molecular flexibility index (Phi) is 4.33. The third-order valence-corrected chi connectivity index (χ3v) is 1.61. The lowest BCUT2D eigenvalue weighted by molar-refractivity contribution is 0.0693. The summed E-state index contributed by atoms with van der Waals surface area (Å²) in [7, 11) is 0. The van der Waals surface area contributed by atoms with E-state index in [1.54, 1.807) is 0 Å². The van der Waals surface area contributed by atoms with Crippen LogP contribution in [0.3, 0.4) is 0 Å². The number of para-hydroxylation sites is 1. The SMILES string of the molecule is N#N.O=C(O)c1cccc(S)c1O. The van der Waals surface area contributed by atoms with Gasteiger partial charge in [-0.15, -0.1) is 12.6 Å². The number of benzene rings is 1. The van der Waals surface area contributed by atoms with E-state index in [0.717, 1.165) is 0 Å². The second-order valence-corrected chi connectivity index (χ2v) is 2.46. The first-order chi connectivity index (χ1) is 6.13. The zero-order valence-corrected chi connectivity index (χ0v) is 7.27. The second kappa shape index (κ2) is 5.00. The summed E-state index contributed by atoms with van der Waals surface area (Å²) in [6, 6.07) is 4.35. The van der Waals surface area contributed by atoms with Gasteiger partial charge < -0.3 is 10.2 Å². The van der Waals surface area contributed by atoms with Gasteiger partial charge in [-0.3, -0.25) is 0 Å². The molecule has 0 heterocycles. The van der Waals surface area contributed by atoms with Crippen LogP contribution in [-0.2, 0) is 0 Å². The topological polar surface area (TPSA) is 105 Å². The van der Waals surface area contributed by atoms with E-state index in [1.807, 2.05) is 0 Å². The molecule has 1 rings (SSSR count). The van der Waals surface area contributed by atoms with E-state index in [4.69, 9.17) is 21.0 Å². The fourth-order valence-electron chi connectivity index (χ4n) is 0.704. The number of thiol groups is 1. The highest BCUT2D eigenvalue weighted by molar-refractivity contribution is 7.80. The molecule has 2 N–H and O–H groups in total. The summed E-state index contributed by atoms with van der Waals surface area (Å²) in [5.41, 5.74) is -0.127. The molecule has 0 unspecified atom stereocenters. The van der Waals surface area contributed by atoms with E-state index in [0.29, 0.717) is 0 Å². The number of hydrogen-bond donors (Lipinski definition) is 3. The summed E-state index contributed by atoms with van der Waals surface area (Å²) in [6.07, 6.45) is 0. The van der Waals surface area contributed by atoms with Crippen molar-refractivity contribution in [2.45, 2.75) is 4.90 Å². The quantitative estimate of drug-likeness (QED) is 0.467. The maximum absolute atomic E-state index is 10.4. The molecule has 0 spiro atoms. The van der Waals surface area contributed by atoms with Gasteiger partial charge in [-0.05, 0) is 12.1 Å². The molecule has 0 aliphatic carbocycles. The average Bonchev–Trinajstić information content (AvgIpc) is 2.13. The van der Waals surface area contributed by atoms with Crippen molar-refractivity contribution in [3.8, 4) is 5.75 Å². The van der Waals surface area contributed by atoms with Crippen LogP contribution in [0.2, 0.25) is 0 Å². The minimum Gasteiger partial charge on any atom is -0.506 e. The highest BCUT2D eigenvalue weighted by Gasteiger charge is 2.09. The maximum Gasteiger partial charge on any atom is 0.339 e. The van der Waals surface area contributed by atoms with Crippen molar-refractivity contribution in [1.82, 2.24) is 0 Å². The zero-order chi connectivity index (χ0) is 10.4. The predicted molar refractivity (Wildman–Crippen MR) is 45.8 cm³/mol. The molecule has 1 aromatic carbocycles. The van der Waals surface area contributed by atoms with Gasteiger partial charge >= 0.3 is 5.97 Å². The Morgan fingerprint density at radius 2 is 1.92 bits per heavy atom. The van der Waals surface area contributed by atoms with Crippen molar-refractivity contribution >= 4 is 18.6 Å². The van der Waals surface area contributed by atoms with Crippen molar-refractivity contribution < 1.29 is 15.0 Å². The zero-order valence-electron chi connectivity index (χ0n) is 6.38. The van der Waals surface area contributed by atoms with Crippen LogP contribution in [0.4, 0.5) is 0 Å². The van der Waals surface area contributed by atoms with Crippen LogP contribution in [-0.4, -0.2) is 16.2 Å². The lowest BCUT2D eigenvalue weighted by Crippen LogP contribution is -1.96. The van der Waals surface area contributed by atoms with Crippen molar-refractivity contribution in [3.05, 3.63) is 23.8 Å². The van der Waals surface area contributed by atoms with Crippen LogP contribution < -0.4 is 0 Å². The van der Waals surface area contributed by atoms with E-state index < -0.39 is 5.97 Å². The third kappa shape index (κ3) is 2.65. The molecule has 5 nitrogen and oxygen atoms in total. The van der Waals surface area contributed by atoms with Crippen LogP contribution in [0.15, 0.2) is 23.1 Å². The number of rotatable bonds is 1. The molecule has 0 saturated heterocycles. The largest absolute Gasteiger partial charge is 0.506 e. The Bertz CT molecular complexity index is 338. The summed E-state index contributed by atoms with van der Waals surface area (Å²) in [5, 5.41) is 29.6. The molecule has 0 aromatic heterocycles. The monoisotopic (exact) mass is 198 g/mol. The van der Waals surface area contributed by atoms with Crippen LogP contribution >= 0.6 is 12.6 Å². The Hall–Kier alpha value is -1.74. The number of carbonyl (C=O) groups is 1. The minimum atomic E-state index is -1.15. The summed E-state index contributed by atoms with van der Waals surface area (Å²) in [6.45, 7) is 0. The highest BCUT2D eigenvalue weighted by atomic mass is 32.1. The Labute approximate surface area is 79.5 Å². The van der Waals surface area contributed by atoms with Gasteiger partial charge in [0.2, 0.25) is 0 Å². The summed E-state index contributed by atoms with van der Waals surface area (Å²) in [5.74, 6) is -1.44. The molecule has 0 aliphatic rings. The van der Waals surface area contributed by atoms with Gasteiger partial charge in [0, 0.05) is 15.7 Å². The van der Waals surface area contributed by atoms with E-state index in [9.17, 15) is 4.79 Å². The maximum atomic E-state index is 10.4. The second-order valence-electron chi connectivity index (χ2n) is 1.98. The van der Waals surface area contributed by atoms with Gasteiger partial charge in [-0.1, -0.05) is 6.07 Å². The molecule has 0 bridgehead atoms. The minimum absolute atomic E-state index is 0.127. The Morgan fingerprint density at radius 1 is 1.38 bits per heavy atom. The average molecular weight is 198 g/mol. The first-order valence-electron chi connectivity index (χ1n) is 3.07. The Balaban J connectivity index is 0.000000671. The van der Waals surface area contributed by atoms with Gasteiger partial charge in [0.25, 0.3) is 0 Å². The smallest absolute Gasteiger partial charge is 0.339 e. The fourth-order valence-corrected chi connectivity index (χ4v) is 0.910. The standard InChI is InChI=1S/C7H6O3S.N2/c8-6-4(7(9)10)2-1-3-5(6)11;1-2/h1-3,8,11H,(H,9,10);. The van der Waals surface area contributed by atoms with Crippen molar-refractivity contribution in [1.29, 1.82) is 10.8 Å². The van der Waals surface area contributed by atoms with E-state index in [1.165, 1.54) is 18.2 Å². The molecule has 0 aliphatic heterocycles. The van der Waals surface area contributed by atoms with Crippen molar-refractivity contribution in [2.24, 2.45) is 0 Å². The van der Waals surface area contributed by atoms with Crippen LogP contribution in [0.1, 0.15) is 10.4 Å². The van der Waals surface area contributed by atoms with Crippen LogP contribution in [0.25, 0.3) is 0 Å². The number of carboxylic acid groups (broad SMARTS) is 1. The van der Waals surface area contributed by atoms with Gasteiger partial charge in [0.1, 0.15) is 11.3 Å². The number of aromatic carboxylic acids is 1. The van der Waals surface area contributed by atoms with Gasteiger partial charge in [-0.2, -0.15) is 0 Å². The van der Waals surface area contributed by atoms with Crippen molar-refractivity contribution in [3.63, 3.8) is 0 Å². The molecule has 0 fully saturated rings. The van der Waals surface area contributed by atoms with E-state index in [2.05, 4.69) is 12.6 Å². The summed E-state index contributed by atoms with van der Waals surface area (Å²) < 4.78 is 0. The summed E-state index contributed by atoms with van der Waals surface area (Å²) in [4.78, 5) is 10.6. The van der Waals surface area contributed by atoms with Gasteiger partial charge in [0.05, 0.1) is 0 Å². The number of hydrogen-bond acceptors (Lipinski definition) is 5. The van der Waals surface area contributed by atoms with E-state index in [-0.39, 0.29) is 16.2 Å². The first kappa shape index (κ1) is 11.3. The lowest BCUT2D eigenvalue weighted by atomic mass is 10.2. The molecular formula is C7H6N2O3S. The predicted octanol–water partition coefficient (Wildman–Crippen LogP) is 1.41. The lowest BCUT2D eigenvalue weighted by Gasteiger charge is -1.99. The fraction of sp³-hybridized carbons (Fsp3) is 0. The molecule has 6 heteroatoms. The normalized spacial score (nSPS) is 8.23. The third-order valence-electron chi connectivity index (χ3n) is 1.25. The number of carboxylic acids is 1. The molecule has 68 valence electrons. The molecule has 0 atom stereocenters. The molecule has 1 aromatic rings. The molecule has 13 heavy (non-hydrogen) atoms. The molecule has 0 radical (unpaired) electrons. The number of aromatic hydroxyl groups is 1. The molecule has 0 saturated carbocycles. The van der Waals surface area contributed by atoms with Crippen LogP contribution in [0.5, 0.6) is 5.75 Å². The van der Waals surface area contributed by atoms with Gasteiger partial charge in [-0.25, -0.2) is 4.79 Å². The van der Waals surface area contributed by atoms with Crippen molar-refractivity contribution in [2.75, 3.05) is 0 Å². The molecular weight excluding hydrogens is 192 g/mol.